The van der Waals surface area contributed by atoms with E-state index in [0.717, 1.165) is 25.1 Å². The number of nitrogens with zero attached hydrogens (tertiary/aromatic N) is 2. The lowest BCUT2D eigenvalue weighted by Crippen LogP contribution is -2.31. The Morgan fingerprint density at radius 2 is 1.52 bits per heavy atom. The second-order valence-corrected chi connectivity index (χ2v) is 11.1. The molecule has 0 fully saturated rings. The fourth-order valence-electron chi connectivity index (χ4n) is 3.57. The molecule has 0 radical (unpaired) electrons. The highest BCUT2D eigenvalue weighted by Gasteiger charge is 2.26. The van der Waals surface area contributed by atoms with E-state index in [1.165, 1.54) is 25.3 Å². The van der Waals surface area contributed by atoms with E-state index in [1.807, 2.05) is 0 Å². The number of nitrogens with one attached hydrogen (secondary N) is 1. The zero-order chi connectivity index (χ0) is 29.8. The highest BCUT2D eigenvalue weighted by atomic mass is 32.2. The number of ketones is 1. The highest BCUT2D eigenvalue weighted by molar-refractivity contribution is 7.86. The van der Waals surface area contributed by atoms with E-state index in [9.17, 15) is 35.5 Å². The van der Waals surface area contributed by atoms with Crippen LogP contribution in [-0.4, -0.2) is 50.8 Å². The molecule has 1 atom stereocenters. The summed E-state index contributed by atoms with van der Waals surface area (Å²) >= 11 is 0. The number of rotatable bonds is 10. The summed E-state index contributed by atoms with van der Waals surface area (Å²) < 4.78 is 72.9. The number of hydrogen-bond donors (Lipinski definition) is 4. The summed E-state index contributed by atoms with van der Waals surface area (Å²) in [5.74, 6) is -1.17. The number of nitrogens with two attached hydrogens (primary N) is 1. The first kappa shape index (κ1) is 30.1. The van der Waals surface area contributed by atoms with Gasteiger partial charge in [0.25, 0.3) is 26.1 Å². The molecule has 210 valence electrons. The molecular weight excluding hydrogens is 564 g/mol. The van der Waals surface area contributed by atoms with Gasteiger partial charge in [-0.05, 0) is 48.9 Å². The molecule has 0 aliphatic carbocycles. The van der Waals surface area contributed by atoms with E-state index in [0.29, 0.717) is 5.75 Å². The van der Waals surface area contributed by atoms with Crippen molar-refractivity contribution in [1.29, 1.82) is 0 Å². The number of carbonyl (C=O) groups excluding carboxylic acids is 2. The van der Waals surface area contributed by atoms with Crippen LogP contribution in [0.15, 0.2) is 87.3 Å². The number of carbonyl (C=O) groups is 2. The van der Waals surface area contributed by atoms with Crippen molar-refractivity contribution >= 4 is 54.6 Å². The van der Waals surface area contributed by atoms with Gasteiger partial charge in [0.05, 0.1) is 18.5 Å². The van der Waals surface area contributed by atoms with Gasteiger partial charge < -0.3 is 15.8 Å². The molecule has 0 aliphatic rings. The van der Waals surface area contributed by atoms with Gasteiger partial charge >= 0.3 is 0 Å². The maximum atomic E-state index is 12.7. The molecule has 0 aliphatic heterocycles. The average molecular weight is 589 g/mol. The van der Waals surface area contributed by atoms with Crippen molar-refractivity contribution in [3.8, 4) is 5.75 Å². The standard InChI is InChI=1S/C25H24N4O9S2/c1-14(18-10-8-16(26)12-22(18)39(32,33)34)19-11-9-17(13-23(19)40(35,36)37)28-29-24(15(2)30)25(31)27-20-6-4-5-7-21(20)38-3/h4-13,24H,1,26H2,2-3H3,(H,27,31)(H,32,33,34)(H,35,36,37). The summed E-state index contributed by atoms with van der Waals surface area (Å²) in [5, 5.41) is 10.1. The molecule has 3 aromatic carbocycles. The largest absolute Gasteiger partial charge is 0.495 e. The maximum Gasteiger partial charge on any atom is 0.295 e. The van der Waals surface area contributed by atoms with E-state index in [-0.39, 0.29) is 33.8 Å². The lowest BCUT2D eigenvalue weighted by atomic mass is 9.99. The van der Waals surface area contributed by atoms with Crippen molar-refractivity contribution in [2.24, 2.45) is 10.2 Å². The molecule has 0 spiro atoms. The first-order valence-electron chi connectivity index (χ1n) is 11.2. The molecule has 1 amide bonds. The normalized spacial score (nSPS) is 12.6. The first-order chi connectivity index (χ1) is 18.6. The Labute approximate surface area is 229 Å². The average Bonchev–Trinajstić information content (AvgIpc) is 2.87. The first-order valence-corrected chi connectivity index (χ1v) is 14.0. The van der Waals surface area contributed by atoms with Crippen molar-refractivity contribution in [3.05, 3.63) is 78.4 Å². The minimum absolute atomic E-state index is 0.00436. The predicted octanol–water partition coefficient (Wildman–Crippen LogP) is 3.51. The number of anilines is 2. The summed E-state index contributed by atoms with van der Waals surface area (Å²) in [5.41, 5.74) is 5.12. The number of hydrogen-bond acceptors (Lipinski definition) is 10. The fourth-order valence-corrected chi connectivity index (χ4v) is 5.07. The van der Waals surface area contributed by atoms with Gasteiger partial charge in [-0.25, -0.2) is 0 Å². The summed E-state index contributed by atoms with van der Waals surface area (Å²) in [6.45, 7) is 4.84. The number of methoxy groups -OCH3 is 1. The predicted molar refractivity (Wildman–Crippen MR) is 146 cm³/mol. The van der Waals surface area contributed by atoms with Gasteiger partial charge in [-0.1, -0.05) is 30.8 Å². The molecule has 5 N–H and O–H groups in total. The van der Waals surface area contributed by atoms with Gasteiger partial charge in [0, 0.05) is 16.8 Å². The molecule has 0 saturated heterocycles. The third-order valence-electron chi connectivity index (χ3n) is 5.46. The summed E-state index contributed by atoms with van der Waals surface area (Å²) in [7, 11) is -8.34. The summed E-state index contributed by atoms with van der Waals surface area (Å²) in [6, 6.07) is 11.6. The molecule has 0 aromatic heterocycles. The van der Waals surface area contributed by atoms with Gasteiger partial charge in [0.15, 0.2) is 5.78 Å². The summed E-state index contributed by atoms with van der Waals surface area (Å²) in [4.78, 5) is 23.5. The van der Waals surface area contributed by atoms with Crippen LogP contribution in [0.3, 0.4) is 0 Å². The zero-order valence-corrected chi connectivity index (χ0v) is 22.7. The van der Waals surface area contributed by atoms with Crippen LogP contribution in [0, 0.1) is 0 Å². The molecule has 15 heteroatoms. The van der Waals surface area contributed by atoms with Crippen LogP contribution in [0.2, 0.25) is 0 Å². The monoisotopic (exact) mass is 588 g/mol. The Morgan fingerprint density at radius 1 is 0.950 bits per heavy atom. The number of azo groups is 1. The smallest absolute Gasteiger partial charge is 0.295 e. The second-order valence-electron chi connectivity index (χ2n) is 8.28. The van der Waals surface area contributed by atoms with Crippen LogP contribution in [0.5, 0.6) is 5.75 Å². The Hall–Kier alpha value is -4.44. The van der Waals surface area contributed by atoms with Crippen LogP contribution in [-0.2, 0) is 29.8 Å². The van der Waals surface area contributed by atoms with Gasteiger partial charge in [0.2, 0.25) is 6.04 Å². The van der Waals surface area contributed by atoms with Gasteiger partial charge in [-0.15, -0.1) is 0 Å². The van der Waals surface area contributed by atoms with Crippen molar-refractivity contribution in [2.45, 2.75) is 22.8 Å². The third-order valence-corrected chi connectivity index (χ3v) is 7.25. The SMILES string of the molecule is C=C(c1ccc(N)cc1S(=O)(=O)O)c1ccc(N=NC(C(C)=O)C(=O)Nc2ccccc2OC)cc1S(=O)(=O)O. The van der Waals surface area contributed by atoms with Crippen molar-refractivity contribution in [3.63, 3.8) is 0 Å². The number of nitrogen functional groups attached to an aromatic ring is 1. The van der Waals surface area contributed by atoms with Gasteiger partial charge in [-0.3, -0.25) is 18.7 Å². The van der Waals surface area contributed by atoms with Crippen molar-refractivity contribution in [1.82, 2.24) is 0 Å². The van der Waals surface area contributed by atoms with Crippen LogP contribution >= 0.6 is 0 Å². The molecule has 3 rings (SSSR count). The number of benzene rings is 3. The second kappa shape index (κ2) is 11.7. The molecular formula is C25H24N4O9S2. The Kier molecular flexibility index (Phi) is 8.84. The number of Topliss-reactive ketones (excluding diaryl/α,β-unsaturated/α-hetero) is 1. The third kappa shape index (κ3) is 6.95. The van der Waals surface area contributed by atoms with E-state index in [4.69, 9.17) is 10.5 Å². The zero-order valence-electron chi connectivity index (χ0n) is 21.1. The molecule has 40 heavy (non-hydrogen) atoms. The summed E-state index contributed by atoms with van der Waals surface area (Å²) in [6.07, 6.45) is 0. The van der Waals surface area contributed by atoms with Crippen LogP contribution < -0.4 is 15.8 Å². The van der Waals surface area contributed by atoms with Gasteiger partial charge in [0.1, 0.15) is 15.5 Å². The maximum absolute atomic E-state index is 12.7. The molecule has 0 bridgehead atoms. The van der Waals surface area contributed by atoms with Crippen LogP contribution in [0.4, 0.5) is 17.1 Å². The number of amides is 1. The molecule has 0 saturated carbocycles. The van der Waals surface area contributed by atoms with E-state index < -0.39 is 47.8 Å². The fraction of sp³-hybridized carbons (Fsp3) is 0.120. The minimum atomic E-state index is -4.94. The minimum Gasteiger partial charge on any atom is -0.495 e. The van der Waals surface area contributed by atoms with E-state index >= 15 is 0 Å². The quantitative estimate of drug-likeness (QED) is 0.117. The highest BCUT2D eigenvalue weighted by Crippen LogP contribution is 2.34. The Morgan fingerprint density at radius 3 is 2.10 bits per heavy atom. The Balaban J connectivity index is 2.01. The Bertz CT molecular complexity index is 1750. The number of para-hydroxylation sites is 2. The lowest BCUT2D eigenvalue weighted by Gasteiger charge is -2.14. The van der Waals surface area contributed by atoms with Crippen molar-refractivity contribution < 1.29 is 40.3 Å². The number of ether oxygens (including phenoxy) is 1. The lowest BCUT2D eigenvalue weighted by molar-refractivity contribution is -0.126. The van der Waals surface area contributed by atoms with E-state index in [2.05, 4.69) is 22.1 Å². The molecule has 3 aromatic rings. The molecule has 13 nitrogen and oxygen atoms in total. The molecule has 1 unspecified atom stereocenters. The van der Waals surface area contributed by atoms with Gasteiger partial charge in [-0.2, -0.15) is 27.1 Å². The van der Waals surface area contributed by atoms with Crippen LogP contribution in [0.1, 0.15) is 18.1 Å². The van der Waals surface area contributed by atoms with Crippen molar-refractivity contribution in [2.75, 3.05) is 18.2 Å². The molecule has 0 heterocycles. The topological polar surface area (TPSA) is 215 Å². The van der Waals surface area contributed by atoms with E-state index in [1.54, 1.807) is 24.3 Å². The van der Waals surface area contributed by atoms with Crippen LogP contribution in [0.25, 0.3) is 5.57 Å².